The molecular formula is C20H19ClN2O4. The van der Waals surface area contributed by atoms with Crippen LogP contribution in [0.1, 0.15) is 28.9 Å². The topological polar surface area (TPSA) is 76.7 Å². The van der Waals surface area contributed by atoms with Crippen molar-refractivity contribution in [3.05, 3.63) is 69.9 Å². The number of urea groups is 1. The zero-order valence-electron chi connectivity index (χ0n) is 15.1. The number of halogens is 1. The number of hydrogen-bond acceptors (Lipinski definition) is 4. The highest BCUT2D eigenvalue weighted by Crippen LogP contribution is 2.36. The number of Topliss-reactive ketones (excluding diaryl/α,β-unsaturated/α-hetero) is 1. The summed E-state index contributed by atoms with van der Waals surface area (Å²) >= 11 is 5.92. The van der Waals surface area contributed by atoms with Gasteiger partial charge in [-0.1, -0.05) is 11.6 Å². The van der Waals surface area contributed by atoms with Gasteiger partial charge in [-0.05, 0) is 43.3 Å². The van der Waals surface area contributed by atoms with Crippen molar-refractivity contribution in [2.24, 2.45) is 0 Å². The van der Waals surface area contributed by atoms with Gasteiger partial charge in [0.15, 0.2) is 5.78 Å². The Morgan fingerprint density at radius 3 is 2.41 bits per heavy atom. The van der Waals surface area contributed by atoms with Gasteiger partial charge in [-0.3, -0.25) is 4.79 Å². The second-order valence-corrected chi connectivity index (χ2v) is 6.45. The monoisotopic (exact) mass is 386 g/mol. The van der Waals surface area contributed by atoms with Crippen LogP contribution in [-0.4, -0.2) is 26.0 Å². The van der Waals surface area contributed by atoms with Gasteiger partial charge in [0.2, 0.25) is 0 Å². The first-order valence-corrected chi connectivity index (χ1v) is 8.63. The van der Waals surface area contributed by atoms with Gasteiger partial charge in [-0.2, -0.15) is 0 Å². The average Bonchev–Trinajstić information content (AvgIpc) is 2.67. The third-order valence-corrected chi connectivity index (χ3v) is 4.62. The number of nitrogens with one attached hydrogen (secondary N) is 2. The first kappa shape index (κ1) is 18.8. The molecule has 0 unspecified atom stereocenters. The van der Waals surface area contributed by atoms with Crippen LogP contribution in [0.3, 0.4) is 0 Å². The van der Waals surface area contributed by atoms with Gasteiger partial charge in [-0.25, -0.2) is 4.79 Å². The molecule has 2 N–H and O–H groups in total. The van der Waals surface area contributed by atoms with Gasteiger partial charge in [0, 0.05) is 33.5 Å². The molecule has 6 nitrogen and oxygen atoms in total. The summed E-state index contributed by atoms with van der Waals surface area (Å²) in [5.74, 6) is 0.914. The van der Waals surface area contributed by atoms with E-state index in [1.165, 1.54) is 7.11 Å². The Bertz CT molecular complexity index is 922. The molecule has 27 heavy (non-hydrogen) atoms. The van der Waals surface area contributed by atoms with Crippen LogP contribution in [0.5, 0.6) is 11.5 Å². The number of carbonyl (C=O) groups is 2. The molecule has 0 saturated heterocycles. The molecule has 7 heteroatoms. The molecule has 2 amide bonds. The highest BCUT2D eigenvalue weighted by molar-refractivity contribution is 6.30. The van der Waals surface area contributed by atoms with Crippen molar-refractivity contribution in [2.75, 3.05) is 14.2 Å². The lowest BCUT2D eigenvalue weighted by Gasteiger charge is -2.29. The lowest BCUT2D eigenvalue weighted by Crippen LogP contribution is -2.45. The van der Waals surface area contributed by atoms with E-state index >= 15 is 0 Å². The fraction of sp³-hybridized carbons (Fsp3) is 0.200. The largest absolute Gasteiger partial charge is 0.497 e. The molecule has 3 rings (SSSR count). The van der Waals surface area contributed by atoms with Gasteiger partial charge in [0.1, 0.15) is 11.5 Å². The summed E-state index contributed by atoms with van der Waals surface area (Å²) in [6.45, 7) is 1.70. The Labute approximate surface area is 162 Å². The van der Waals surface area contributed by atoms with Gasteiger partial charge >= 0.3 is 6.03 Å². The number of methoxy groups -OCH3 is 2. The molecule has 2 aromatic rings. The number of carbonyl (C=O) groups excluding carboxylic acids is 2. The van der Waals surface area contributed by atoms with E-state index in [2.05, 4.69) is 10.6 Å². The minimum absolute atomic E-state index is 0.209. The fourth-order valence-corrected chi connectivity index (χ4v) is 3.17. The van der Waals surface area contributed by atoms with Crippen LogP contribution in [0.15, 0.2) is 53.7 Å². The minimum Gasteiger partial charge on any atom is -0.497 e. The van der Waals surface area contributed by atoms with Crippen LogP contribution in [0.25, 0.3) is 0 Å². The normalized spacial score (nSPS) is 16.4. The van der Waals surface area contributed by atoms with Gasteiger partial charge < -0.3 is 20.1 Å². The highest BCUT2D eigenvalue weighted by atomic mass is 35.5. The average molecular weight is 387 g/mol. The molecule has 140 valence electrons. The fourth-order valence-electron chi connectivity index (χ4n) is 3.04. The molecular weight excluding hydrogens is 368 g/mol. The minimum atomic E-state index is -0.664. The Kier molecular flexibility index (Phi) is 5.37. The van der Waals surface area contributed by atoms with E-state index in [0.29, 0.717) is 38.9 Å². The SMILES string of the molecule is COc1ccc([C@H]2NC(=O)NC(C)=C2C(=O)c2ccc(Cl)cc2)c(OC)c1. The maximum absolute atomic E-state index is 13.2. The van der Waals surface area contributed by atoms with Crippen molar-refractivity contribution in [1.29, 1.82) is 0 Å². The number of benzene rings is 2. The number of allylic oxidation sites excluding steroid dienone is 1. The Morgan fingerprint density at radius 1 is 1.07 bits per heavy atom. The van der Waals surface area contributed by atoms with Crippen LogP contribution >= 0.6 is 11.6 Å². The number of ether oxygens (including phenoxy) is 2. The van der Waals surface area contributed by atoms with Crippen LogP contribution in [0, 0.1) is 0 Å². The summed E-state index contributed by atoms with van der Waals surface area (Å²) < 4.78 is 10.7. The summed E-state index contributed by atoms with van der Waals surface area (Å²) in [6.07, 6.45) is 0. The van der Waals surface area contributed by atoms with Crippen molar-refractivity contribution >= 4 is 23.4 Å². The molecule has 0 aliphatic carbocycles. The van der Waals surface area contributed by atoms with E-state index in [1.807, 2.05) is 0 Å². The zero-order chi connectivity index (χ0) is 19.6. The van der Waals surface area contributed by atoms with Gasteiger partial charge in [0.25, 0.3) is 0 Å². The second-order valence-electron chi connectivity index (χ2n) is 6.01. The summed E-state index contributed by atoms with van der Waals surface area (Å²) in [4.78, 5) is 25.3. The molecule has 0 radical (unpaired) electrons. The van der Waals surface area contributed by atoms with E-state index in [0.717, 1.165) is 0 Å². The first-order chi connectivity index (χ1) is 12.9. The van der Waals surface area contributed by atoms with E-state index in [1.54, 1.807) is 56.5 Å². The molecule has 1 aliphatic rings. The highest BCUT2D eigenvalue weighted by Gasteiger charge is 2.33. The summed E-state index contributed by atoms with van der Waals surface area (Å²) in [5.41, 5.74) is 2.05. The Morgan fingerprint density at radius 2 is 1.78 bits per heavy atom. The Hall–Kier alpha value is -2.99. The number of ketones is 1. The summed E-state index contributed by atoms with van der Waals surface area (Å²) in [7, 11) is 3.08. The molecule has 1 aliphatic heterocycles. The van der Waals surface area contributed by atoms with Crippen molar-refractivity contribution in [1.82, 2.24) is 10.6 Å². The molecule has 2 aromatic carbocycles. The maximum Gasteiger partial charge on any atom is 0.319 e. The van der Waals surface area contributed by atoms with Crippen molar-refractivity contribution in [2.45, 2.75) is 13.0 Å². The summed E-state index contributed by atoms with van der Waals surface area (Å²) in [6, 6.07) is 10.8. The van der Waals surface area contributed by atoms with Gasteiger partial charge in [-0.15, -0.1) is 0 Å². The predicted molar refractivity (Wildman–Crippen MR) is 102 cm³/mol. The lowest BCUT2D eigenvalue weighted by molar-refractivity contribution is 0.102. The number of rotatable bonds is 5. The quantitative estimate of drug-likeness (QED) is 0.765. The number of amides is 2. The molecule has 0 bridgehead atoms. The predicted octanol–water partition coefficient (Wildman–Crippen LogP) is 3.87. The number of hydrogen-bond donors (Lipinski definition) is 2. The molecule has 1 atom stereocenters. The van der Waals surface area contributed by atoms with Crippen molar-refractivity contribution in [3.8, 4) is 11.5 Å². The van der Waals surface area contributed by atoms with Crippen LogP contribution in [-0.2, 0) is 0 Å². The van der Waals surface area contributed by atoms with Crippen molar-refractivity contribution in [3.63, 3.8) is 0 Å². The first-order valence-electron chi connectivity index (χ1n) is 8.25. The van der Waals surface area contributed by atoms with E-state index in [-0.39, 0.29) is 11.8 Å². The standard InChI is InChI=1S/C20H19ClN2O4/c1-11-17(19(24)12-4-6-13(21)7-5-12)18(23-20(25)22-11)15-9-8-14(26-2)10-16(15)27-3/h4-10,18H,1-3H3,(H2,22,23,25)/t18-/m1/s1. The van der Waals surface area contributed by atoms with Crippen LogP contribution in [0.2, 0.25) is 5.02 Å². The van der Waals surface area contributed by atoms with Crippen LogP contribution < -0.4 is 20.1 Å². The van der Waals surface area contributed by atoms with E-state index < -0.39 is 6.04 Å². The third-order valence-electron chi connectivity index (χ3n) is 4.37. The van der Waals surface area contributed by atoms with E-state index in [4.69, 9.17) is 21.1 Å². The van der Waals surface area contributed by atoms with Gasteiger partial charge in [0.05, 0.1) is 20.3 Å². The lowest BCUT2D eigenvalue weighted by atomic mass is 9.89. The third kappa shape index (κ3) is 3.75. The maximum atomic E-state index is 13.2. The smallest absolute Gasteiger partial charge is 0.319 e. The van der Waals surface area contributed by atoms with Crippen LogP contribution in [0.4, 0.5) is 4.79 Å². The second kappa shape index (κ2) is 7.72. The summed E-state index contributed by atoms with van der Waals surface area (Å²) in [5, 5.41) is 6.02. The molecule has 1 heterocycles. The van der Waals surface area contributed by atoms with E-state index in [9.17, 15) is 9.59 Å². The molecule has 0 aromatic heterocycles. The molecule has 0 fully saturated rings. The Balaban J connectivity index is 2.10. The van der Waals surface area contributed by atoms with Crippen molar-refractivity contribution < 1.29 is 19.1 Å². The molecule has 0 spiro atoms. The molecule has 0 saturated carbocycles. The zero-order valence-corrected chi connectivity index (χ0v) is 15.9.